The highest BCUT2D eigenvalue weighted by Crippen LogP contribution is 2.37. The van der Waals surface area contributed by atoms with Crippen molar-refractivity contribution in [2.75, 3.05) is 26.2 Å². The van der Waals surface area contributed by atoms with Crippen molar-refractivity contribution in [2.45, 2.75) is 38.7 Å². The zero-order valence-electron chi connectivity index (χ0n) is 14.3. The summed E-state index contributed by atoms with van der Waals surface area (Å²) in [6.07, 6.45) is 1.77. The lowest BCUT2D eigenvalue weighted by atomic mass is 9.88. The van der Waals surface area contributed by atoms with Gasteiger partial charge in [-0.25, -0.2) is 5.06 Å². The fraction of sp³-hybridized carbons (Fsp3) is 0.556. The van der Waals surface area contributed by atoms with E-state index in [-0.39, 0.29) is 11.8 Å². The minimum Gasteiger partial charge on any atom is -0.493 e. The van der Waals surface area contributed by atoms with E-state index >= 15 is 0 Å². The number of piperidine rings is 1. The third-order valence-corrected chi connectivity index (χ3v) is 4.72. The second-order valence-corrected chi connectivity index (χ2v) is 6.26. The van der Waals surface area contributed by atoms with Crippen LogP contribution in [0.4, 0.5) is 0 Å². The first kappa shape index (κ1) is 16.8. The van der Waals surface area contributed by atoms with Gasteiger partial charge >= 0.3 is 0 Å². The maximum atomic E-state index is 12.8. The molecule has 2 amide bonds. The molecule has 1 aromatic rings. The van der Waals surface area contributed by atoms with E-state index in [2.05, 4.69) is 0 Å². The molecule has 3 rings (SSSR count). The predicted molar refractivity (Wildman–Crippen MR) is 88.6 cm³/mol. The van der Waals surface area contributed by atoms with E-state index in [9.17, 15) is 9.59 Å². The van der Waals surface area contributed by atoms with Crippen molar-refractivity contribution in [3.63, 3.8) is 0 Å². The molecule has 0 aromatic heterocycles. The number of hydrogen-bond donors (Lipinski definition) is 0. The molecule has 0 unspecified atom stereocenters. The summed E-state index contributed by atoms with van der Waals surface area (Å²) < 4.78 is 5.56. The third-order valence-electron chi connectivity index (χ3n) is 4.72. The number of carbonyl (C=O) groups is 2. The molecule has 0 radical (unpaired) electrons. The zero-order chi connectivity index (χ0) is 17.2. The minimum absolute atomic E-state index is 0.0226. The highest BCUT2D eigenvalue weighted by molar-refractivity contribution is 5.97. The van der Waals surface area contributed by atoms with E-state index in [0.717, 1.165) is 0 Å². The van der Waals surface area contributed by atoms with Crippen LogP contribution < -0.4 is 4.74 Å². The number of ether oxygens (including phenoxy) is 1. The summed E-state index contributed by atoms with van der Waals surface area (Å²) in [4.78, 5) is 32.4. The quantitative estimate of drug-likeness (QED) is 0.848. The second-order valence-electron chi connectivity index (χ2n) is 6.26. The molecular formula is C18H24N2O4. The van der Waals surface area contributed by atoms with Crippen molar-refractivity contribution >= 4 is 11.8 Å². The Labute approximate surface area is 142 Å². The van der Waals surface area contributed by atoms with Crippen molar-refractivity contribution in [1.29, 1.82) is 0 Å². The SMILES string of the molecule is CCOc1ccccc1C(=O)N1CCC2(CC1)CC(=O)N(CC)O2. The predicted octanol–water partition coefficient (Wildman–Crippen LogP) is 2.24. The lowest BCUT2D eigenvalue weighted by molar-refractivity contribution is -0.206. The average Bonchev–Trinajstić information content (AvgIpc) is 2.91. The monoisotopic (exact) mass is 332 g/mol. The molecule has 1 spiro atoms. The van der Waals surface area contributed by atoms with Crippen molar-refractivity contribution in [3.8, 4) is 5.75 Å². The van der Waals surface area contributed by atoms with Crippen LogP contribution in [0.5, 0.6) is 5.75 Å². The van der Waals surface area contributed by atoms with Crippen LogP contribution in [0.25, 0.3) is 0 Å². The van der Waals surface area contributed by atoms with Gasteiger partial charge in [0.25, 0.3) is 5.91 Å². The van der Waals surface area contributed by atoms with Gasteiger partial charge in [-0.3, -0.25) is 14.4 Å². The Hall–Kier alpha value is -2.08. The smallest absolute Gasteiger partial charge is 0.257 e. The van der Waals surface area contributed by atoms with Crippen molar-refractivity contribution in [1.82, 2.24) is 9.96 Å². The normalized spacial score (nSPS) is 19.8. The number of hydrogen-bond acceptors (Lipinski definition) is 4. The number of carbonyl (C=O) groups excluding carboxylic acids is 2. The summed E-state index contributed by atoms with van der Waals surface area (Å²) >= 11 is 0. The molecule has 2 saturated heterocycles. The Morgan fingerprint density at radius 1 is 1.25 bits per heavy atom. The average molecular weight is 332 g/mol. The first-order chi connectivity index (χ1) is 11.6. The molecule has 6 heteroatoms. The van der Waals surface area contributed by atoms with E-state index in [1.165, 1.54) is 5.06 Å². The summed E-state index contributed by atoms with van der Waals surface area (Å²) in [5.41, 5.74) is 0.164. The number of rotatable bonds is 4. The summed E-state index contributed by atoms with van der Waals surface area (Å²) in [6, 6.07) is 7.33. The molecule has 6 nitrogen and oxygen atoms in total. The van der Waals surface area contributed by atoms with Gasteiger partial charge in [-0.2, -0.15) is 0 Å². The number of benzene rings is 1. The van der Waals surface area contributed by atoms with Gasteiger partial charge in [-0.1, -0.05) is 12.1 Å². The molecule has 0 aliphatic carbocycles. The Morgan fingerprint density at radius 2 is 1.96 bits per heavy atom. The molecule has 0 N–H and O–H groups in total. The van der Waals surface area contributed by atoms with Crippen molar-refractivity contribution < 1.29 is 19.2 Å². The first-order valence-electron chi connectivity index (χ1n) is 8.59. The highest BCUT2D eigenvalue weighted by atomic mass is 16.7. The lowest BCUT2D eigenvalue weighted by Crippen LogP contribution is -2.47. The van der Waals surface area contributed by atoms with Crippen LogP contribution in [0.1, 0.15) is 43.5 Å². The molecule has 2 heterocycles. The number of para-hydroxylation sites is 1. The lowest BCUT2D eigenvalue weighted by Gasteiger charge is -2.37. The molecule has 2 aliphatic heterocycles. The molecule has 1 aromatic carbocycles. The van der Waals surface area contributed by atoms with Crippen molar-refractivity contribution in [2.24, 2.45) is 0 Å². The van der Waals surface area contributed by atoms with Crippen LogP contribution in [0.3, 0.4) is 0 Å². The van der Waals surface area contributed by atoms with Crippen LogP contribution in [0, 0.1) is 0 Å². The highest BCUT2D eigenvalue weighted by Gasteiger charge is 2.47. The van der Waals surface area contributed by atoms with Gasteiger partial charge in [-0.15, -0.1) is 0 Å². The molecular weight excluding hydrogens is 308 g/mol. The Kier molecular flexibility index (Phi) is 4.76. The number of nitrogens with zero attached hydrogens (tertiary/aromatic N) is 2. The van der Waals surface area contributed by atoms with E-state index in [1.54, 1.807) is 6.07 Å². The van der Waals surface area contributed by atoms with Gasteiger partial charge in [-0.05, 0) is 38.8 Å². The molecule has 0 saturated carbocycles. The maximum Gasteiger partial charge on any atom is 0.257 e. The summed E-state index contributed by atoms with van der Waals surface area (Å²) in [5, 5.41) is 1.45. The Bertz CT molecular complexity index is 623. The van der Waals surface area contributed by atoms with E-state index in [1.807, 2.05) is 36.9 Å². The minimum atomic E-state index is -0.427. The number of amides is 2. The summed E-state index contributed by atoms with van der Waals surface area (Å²) in [6.45, 7) is 6.06. The molecule has 0 atom stereocenters. The van der Waals surface area contributed by atoms with Gasteiger partial charge in [0, 0.05) is 19.6 Å². The molecule has 0 bridgehead atoms. The van der Waals surface area contributed by atoms with Gasteiger partial charge in [0.2, 0.25) is 5.91 Å². The largest absolute Gasteiger partial charge is 0.493 e. The summed E-state index contributed by atoms with van der Waals surface area (Å²) in [5.74, 6) is 0.638. The standard InChI is InChI=1S/C18H24N2O4/c1-3-20-16(21)13-18(24-20)9-11-19(12-10-18)17(22)14-7-5-6-8-15(14)23-4-2/h5-8H,3-4,9-13H2,1-2H3. The van der Waals surface area contributed by atoms with E-state index in [4.69, 9.17) is 9.57 Å². The Balaban J connectivity index is 1.67. The zero-order valence-corrected chi connectivity index (χ0v) is 14.3. The van der Waals surface area contributed by atoms with Crippen LogP contribution in [-0.2, 0) is 9.63 Å². The fourth-order valence-corrected chi connectivity index (χ4v) is 3.40. The first-order valence-corrected chi connectivity index (χ1v) is 8.59. The van der Waals surface area contributed by atoms with Gasteiger partial charge < -0.3 is 9.64 Å². The van der Waals surface area contributed by atoms with Crippen LogP contribution in [0.15, 0.2) is 24.3 Å². The fourth-order valence-electron chi connectivity index (χ4n) is 3.40. The van der Waals surface area contributed by atoms with Gasteiger partial charge in [0.05, 0.1) is 18.6 Å². The van der Waals surface area contributed by atoms with Crippen molar-refractivity contribution in [3.05, 3.63) is 29.8 Å². The van der Waals surface area contributed by atoms with E-state index in [0.29, 0.717) is 56.8 Å². The van der Waals surface area contributed by atoms with Crippen LogP contribution in [0.2, 0.25) is 0 Å². The number of hydroxylamine groups is 2. The third kappa shape index (κ3) is 3.11. The Morgan fingerprint density at radius 3 is 2.58 bits per heavy atom. The molecule has 2 aliphatic rings. The van der Waals surface area contributed by atoms with E-state index < -0.39 is 5.60 Å². The second kappa shape index (κ2) is 6.81. The van der Waals surface area contributed by atoms with Crippen LogP contribution >= 0.6 is 0 Å². The molecule has 130 valence electrons. The van der Waals surface area contributed by atoms with Gasteiger partial charge in [0.1, 0.15) is 11.4 Å². The molecule has 24 heavy (non-hydrogen) atoms. The topological polar surface area (TPSA) is 59.1 Å². The van der Waals surface area contributed by atoms with Gasteiger partial charge in [0.15, 0.2) is 0 Å². The molecule has 2 fully saturated rings. The van der Waals surface area contributed by atoms with Crippen LogP contribution in [-0.4, -0.2) is 53.6 Å². The maximum absolute atomic E-state index is 12.8. The summed E-state index contributed by atoms with van der Waals surface area (Å²) in [7, 11) is 0. The number of likely N-dealkylation sites (tertiary alicyclic amines) is 1.